The Kier molecular flexibility index (Phi) is 62.1. The van der Waals surface area contributed by atoms with Crippen molar-refractivity contribution in [3.8, 4) is 0 Å². The molecule has 17 nitrogen and oxygen atoms in total. The normalized spacial score (nSPS) is 14.1. The van der Waals surface area contributed by atoms with Gasteiger partial charge in [-0.25, -0.2) is 9.13 Å². The van der Waals surface area contributed by atoms with E-state index < -0.39 is 97.5 Å². The lowest BCUT2D eigenvalue weighted by Gasteiger charge is -2.21. The molecule has 0 saturated heterocycles. The molecule has 89 heavy (non-hydrogen) atoms. The third-order valence-electron chi connectivity index (χ3n) is 16.3. The minimum Gasteiger partial charge on any atom is -0.462 e. The van der Waals surface area contributed by atoms with Crippen molar-refractivity contribution < 1.29 is 80.2 Å². The average Bonchev–Trinajstić information content (AvgIpc) is 3.51. The summed E-state index contributed by atoms with van der Waals surface area (Å²) < 4.78 is 68.2. The number of aliphatic hydroxyl groups is 1. The number of rotatable bonds is 70. The van der Waals surface area contributed by atoms with Crippen molar-refractivity contribution in [3.05, 3.63) is 0 Å². The van der Waals surface area contributed by atoms with Gasteiger partial charge in [-0.05, 0) is 31.6 Å². The molecule has 0 aliphatic carbocycles. The van der Waals surface area contributed by atoms with Gasteiger partial charge >= 0.3 is 39.5 Å². The number of phosphoric acid groups is 2. The number of hydrogen-bond donors (Lipinski definition) is 3. The van der Waals surface area contributed by atoms with E-state index in [4.69, 9.17) is 37.0 Å². The highest BCUT2D eigenvalue weighted by molar-refractivity contribution is 7.47. The first-order valence-corrected chi connectivity index (χ1v) is 39.6. The second kappa shape index (κ2) is 63.5. The summed E-state index contributed by atoms with van der Waals surface area (Å²) in [6.07, 6.45) is 50.0. The predicted molar refractivity (Wildman–Crippen MR) is 358 cm³/mol. The number of carbonyl (C=O) groups excluding carboxylic acids is 4. The van der Waals surface area contributed by atoms with Crippen LogP contribution >= 0.6 is 15.6 Å². The van der Waals surface area contributed by atoms with E-state index in [1.54, 1.807) is 0 Å². The van der Waals surface area contributed by atoms with Crippen LogP contribution in [0.5, 0.6) is 0 Å². The Balaban J connectivity index is 5.22. The van der Waals surface area contributed by atoms with E-state index >= 15 is 0 Å². The Morgan fingerprint density at radius 2 is 0.517 bits per heavy atom. The second-order valence-corrected chi connectivity index (χ2v) is 28.7. The van der Waals surface area contributed by atoms with Gasteiger partial charge in [0.1, 0.15) is 19.3 Å². The summed E-state index contributed by atoms with van der Waals surface area (Å²) in [7, 11) is -9.90. The fraction of sp³-hybridized carbons (Fsp3) is 0.943. The van der Waals surface area contributed by atoms with Crippen molar-refractivity contribution in [2.24, 2.45) is 5.92 Å². The van der Waals surface area contributed by atoms with Crippen LogP contribution in [0.1, 0.15) is 362 Å². The molecule has 0 saturated carbocycles. The molecule has 0 radical (unpaired) electrons. The van der Waals surface area contributed by atoms with E-state index in [2.05, 4.69) is 34.6 Å². The summed E-state index contributed by atoms with van der Waals surface area (Å²) in [5.41, 5.74) is 0. The molecule has 0 bridgehead atoms. The second-order valence-electron chi connectivity index (χ2n) is 25.7. The maximum Gasteiger partial charge on any atom is 0.472 e. The van der Waals surface area contributed by atoms with Gasteiger partial charge in [-0.15, -0.1) is 0 Å². The quantitative estimate of drug-likeness (QED) is 0.0222. The van der Waals surface area contributed by atoms with Crippen LogP contribution in [-0.2, 0) is 65.4 Å². The first-order valence-electron chi connectivity index (χ1n) is 36.6. The molecule has 0 aromatic rings. The fourth-order valence-corrected chi connectivity index (χ4v) is 12.2. The van der Waals surface area contributed by atoms with E-state index in [0.717, 1.165) is 89.9 Å². The summed E-state index contributed by atoms with van der Waals surface area (Å²) >= 11 is 0. The van der Waals surface area contributed by atoms with Gasteiger partial charge in [0.15, 0.2) is 12.2 Å². The van der Waals surface area contributed by atoms with Crippen LogP contribution in [0.3, 0.4) is 0 Å². The standard InChI is InChI=1S/C70H136O17P2/c1-6-9-12-15-18-21-23-25-27-28-30-32-35-40-45-50-55-69(74)86-65(59-81-68(73)54-49-44-39-34-31-29-26-24-22-19-16-13-10-7-2)61-84-88(76,77)82-57-64(71)58-83-89(78,79)85-62-66(60-80-67(72)53-48-43-38-33-20-17-14-11-8-3)87-70(75)56-51-46-41-36-37-42-47-52-63(4)5/h63-66,71H,6-62H2,1-5H3,(H,76,77)(H,78,79)/t64-,65-,66-/m1/s1. The molecule has 0 aliphatic rings. The first kappa shape index (κ1) is 87.1. The number of aliphatic hydroxyl groups excluding tert-OH is 1. The van der Waals surface area contributed by atoms with Crippen LogP contribution in [0.2, 0.25) is 0 Å². The zero-order chi connectivity index (χ0) is 65.6. The summed E-state index contributed by atoms with van der Waals surface area (Å²) in [4.78, 5) is 72.5. The van der Waals surface area contributed by atoms with Gasteiger partial charge in [0, 0.05) is 25.7 Å². The van der Waals surface area contributed by atoms with Gasteiger partial charge in [-0.2, -0.15) is 0 Å². The lowest BCUT2D eigenvalue weighted by molar-refractivity contribution is -0.161. The maximum atomic E-state index is 13.0. The van der Waals surface area contributed by atoms with Crippen molar-refractivity contribution in [1.29, 1.82) is 0 Å². The van der Waals surface area contributed by atoms with Crippen LogP contribution in [0.25, 0.3) is 0 Å². The number of ether oxygens (including phenoxy) is 4. The van der Waals surface area contributed by atoms with Gasteiger partial charge in [0.25, 0.3) is 0 Å². The van der Waals surface area contributed by atoms with Crippen LogP contribution in [0.15, 0.2) is 0 Å². The monoisotopic (exact) mass is 1310 g/mol. The van der Waals surface area contributed by atoms with Gasteiger partial charge in [-0.1, -0.05) is 311 Å². The third-order valence-corrected chi connectivity index (χ3v) is 18.2. The van der Waals surface area contributed by atoms with Crippen molar-refractivity contribution >= 4 is 39.5 Å². The Morgan fingerprint density at radius 1 is 0.303 bits per heavy atom. The summed E-state index contributed by atoms with van der Waals surface area (Å²) in [5, 5.41) is 10.6. The smallest absolute Gasteiger partial charge is 0.462 e. The van der Waals surface area contributed by atoms with E-state index in [9.17, 15) is 43.2 Å². The molecule has 0 amide bonds. The first-order chi connectivity index (χ1) is 43.0. The lowest BCUT2D eigenvalue weighted by atomic mass is 10.0. The number of esters is 4. The van der Waals surface area contributed by atoms with Crippen LogP contribution in [0.4, 0.5) is 0 Å². The fourth-order valence-electron chi connectivity index (χ4n) is 10.6. The third kappa shape index (κ3) is 64.6. The minimum absolute atomic E-state index is 0.104. The van der Waals surface area contributed by atoms with Crippen LogP contribution in [0, 0.1) is 5.92 Å². The Bertz CT molecular complexity index is 1720. The van der Waals surface area contributed by atoms with Gasteiger partial charge in [0.05, 0.1) is 26.4 Å². The summed E-state index contributed by atoms with van der Waals surface area (Å²) in [6.45, 7) is 7.17. The Hall–Kier alpha value is -1.94. The van der Waals surface area contributed by atoms with Crippen LogP contribution < -0.4 is 0 Å². The van der Waals surface area contributed by atoms with E-state index in [0.29, 0.717) is 31.6 Å². The summed E-state index contributed by atoms with van der Waals surface area (Å²) in [6, 6.07) is 0. The molecule has 0 aliphatic heterocycles. The largest absolute Gasteiger partial charge is 0.472 e. The zero-order valence-corrected chi connectivity index (χ0v) is 59.4. The number of phosphoric ester groups is 2. The van der Waals surface area contributed by atoms with E-state index in [1.165, 1.54) is 186 Å². The van der Waals surface area contributed by atoms with Crippen molar-refractivity contribution in [2.45, 2.75) is 380 Å². The molecule has 0 rings (SSSR count). The molecule has 3 N–H and O–H groups in total. The topological polar surface area (TPSA) is 237 Å². The molecular weight excluding hydrogens is 1170 g/mol. The predicted octanol–water partition coefficient (Wildman–Crippen LogP) is 20.1. The zero-order valence-electron chi connectivity index (χ0n) is 57.6. The van der Waals surface area contributed by atoms with Crippen molar-refractivity contribution in [1.82, 2.24) is 0 Å². The highest BCUT2D eigenvalue weighted by Gasteiger charge is 2.30. The lowest BCUT2D eigenvalue weighted by Crippen LogP contribution is -2.30. The van der Waals surface area contributed by atoms with Gasteiger partial charge in [0.2, 0.25) is 0 Å². The highest BCUT2D eigenvalue weighted by atomic mass is 31.2. The molecule has 0 heterocycles. The molecule has 5 atom stereocenters. The van der Waals surface area contributed by atoms with Crippen molar-refractivity contribution in [3.63, 3.8) is 0 Å². The van der Waals surface area contributed by atoms with E-state index in [-0.39, 0.29) is 25.7 Å². The number of hydrogen-bond acceptors (Lipinski definition) is 15. The average molecular weight is 1310 g/mol. The molecular formula is C70H136O17P2. The number of carbonyl (C=O) groups is 4. The highest BCUT2D eigenvalue weighted by Crippen LogP contribution is 2.45. The van der Waals surface area contributed by atoms with Gasteiger partial charge in [-0.3, -0.25) is 37.3 Å². The van der Waals surface area contributed by atoms with Crippen LogP contribution in [-0.4, -0.2) is 96.7 Å². The maximum absolute atomic E-state index is 13.0. The molecule has 0 spiro atoms. The molecule has 2 unspecified atom stereocenters. The molecule has 19 heteroatoms. The SMILES string of the molecule is CCCCCCCCCCCCCCCCCCC(=O)O[C@H](COC(=O)CCCCCCCCCCCCCCCC)COP(=O)(O)OC[C@@H](O)COP(=O)(O)OC[C@@H](COC(=O)CCCCCCCCCCC)OC(=O)CCCCCCCCCC(C)C. The molecule has 0 fully saturated rings. The van der Waals surface area contributed by atoms with Crippen molar-refractivity contribution in [2.75, 3.05) is 39.6 Å². The molecule has 0 aromatic heterocycles. The molecule has 528 valence electrons. The van der Waals surface area contributed by atoms with Gasteiger partial charge < -0.3 is 33.8 Å². The minimum atomic E-state index is -4.95. The van der Waals surface area contributed by atoms with E-state index in [1.807, 2.05) is 0 Å². The number of unbranched alkanes of at least 4 members (excludes halogenated alkanes) is 42. The Labute approximate surface area is 543 Å². The summed E-state index contributed by atoms with van der Waals surface area (Å²) in [5.74, 6) is -1.43. The Morgan fingerprint density at radius 3 is 0.764 bits per heavy atom. The molecule has 0 aromatic carbocycles.